The molecule has 0 radical (unpaired) electrons. The van der Waals surface area contributed by atoms with Gasteiger partial charge in [0.1, 0.15) is 0 Å². The fourth-order valence-corrected chi connectivity index (χ4v) is 4.82. The second-order valence-corrected chi connectivity index (χ2v) is 9.56. The predicted molar refractivity (Wildman–Crippen MR) is 144 cm³/mol. The minimum Gasteiger partial charge on any atom is -0.361 e. The van der Waals surface area contributed by atoms with Gasteiger partial charge < -0.3 is 20.5 Å². The highest BCUT2D eigenvalue weighted by Crippen LogP contribution is 2.24. The number of carbonyl (C=O) groups excluding carboxylic acids is 3. The Hall–Kier alpha value is -4.39. The third-order valence-corrected chi connectivity index (χ3v) is 6.88. The van der Waals surface area contributed by atoms with E-state index in [2.05, 4.69) is 40.7 Å². The number of carbonyl (C=O) groups is 3. The van der Waals surface area contributed by atoms with Crippen molar-refractivity contribution in [3.05, 3.63) is 101 Å². The number of rotatable bonds is 8. The molecule has 1 saturated heterocycles. The number of nitrogens with one attached hydrogen (secondary N) is 3. The van der Waals surface area contributed by atoms with Crippen LogP contribution in [0.2, 0.25) is 0 Å². The maximum absolute atomic E-state index is 13.1. The molecule has 1 aliphatic heterocycles. The highest BCUT2D eigenvalue weighted by atomic mass is 16.2. The van der Waals surface area contributed by atoms with Crippen LogP contribution in [0.1, 0.15) is 33.5 Å². The number of aryl methyl sites for hydroxylation is 1. The first-order valence-corrected chi connectivity index (χ1v) is 12.5. The van der Waals surface area contributed by atoms with E-state index in [0.29, 0.717) is 37.3 Å². The van der Waals surface area contributed by atoms with E-state index in [1.54, 1.807) is 29.2 Å². The number of para-hydroxylation sites is 1. The molecule has 3 aromatic carbocycles. The lowest BCUT2D eigenvalue weighted by molar-refractivity contribution is -0.128. The van der Waals surface area contributed by atoms with Crippen LogP contribution in [0, 0.1) is 12.8 Å². The average Bonchev–Trinajstić information content (AvgIpc) is 3.49. The summed E-state index contributed by atoms with van der Waals surface area (Å²) in [5.74, 6) is -0.997. The summed E-state index contributed by atoms with van der Waals surface area (Å²) in [5.41, 5.74) is 5.26. The number of H-pyrrole nitrogens is 1. The van der Waals surface area contributed by atoms with Crippen molar-refractivity contribution in [3.63, 3.8) is 0 Å². The maximum Gasteiger partial charge on any atom is 0.253 e. The molecule has 2 heterocycles. The van der Waals surface area contributed by atoms with E-state index in [1.165, 1.54) is 10.9 Å². The van der Waals surface area contributed by atoms with E-state index in [-0.39, 0.29) is 24.1 Å². The Balaban J connectivity index is 1.19. The highest BCUT2D eigenvalue weighted by Gasteiger charge is 2.34. The van der Waals surface area contributed by atoms with Crippen LogP contribution < -0.4 is 10.6 Å². The smallest absolute Gasteiger partial charge is 0.253 e. The molecule has 3 amide bonds. The van der Waals surface area contributed by atoms with Crippen LogP contribution in [0.3, 0.4) is 0 Å². The van der Waals surface area contributed by atoms with Crippen molar-refractivity contribution in [2.45, 2.75) is 26.3 Å². The number of amides is 3. The van der Waals surface area contributed by atoms with E-state index in [1.807, 2.05) is 36.5 Å². The fourth-order valence-electron chi connectivity index (χ4n) is 4.82. The van der Waals surface area contributed by atoms with Crippen molar-refractivity contribution in [2.75, 3.05) is 18.4 Å². The summed E-state index contributed by atoms with van der Waals surface area (Å²) in [7, 11) is 0. The van der Waals surface area contributed by atoms with Gasteiger partial charge in [-0.1, -0.05) is 54.1 Å². The Bertz CT molecular complexity index is 1440. The molecule has 7 heteroatoms. The number of likely N-dealkylation sites (tertiary alicyclic amines) is 1. The van der Waals surface area contributed by atoms with Crippen LogP contribution in [0.4, 0.5) is 5.69 Å². The van der Waals surface area contributed by atoms with Crippen molar-refractivity contribution in [1.29, 1.82) is 0 Å². The summed E-state index contributed by atoms with van der Waals surface area (Å²) in [4.78, 5) is 43.6. The number of fused-ring (bicyclic) bond motifs is 1. The van der Waals surface area contributed by atoms with Crippen LogP contribution in [0.5, 0.6) is 0 Å². The average molecular weight is 495 g/mol. The zero-order valence-corrected chi connectivity index (χ0v) is 20.8. The molecule has 0 aliphatic carbocycles. The Kier molecular flexibility index (Phi) is 7.03. The number of aromatic nitrogens is 1. The van der Waals surface area contributed by atoms with Gasteiger partial charge in [-0.2, -0.15) is 0 Å². The van der Waals surface area contributed by atoms with Gasteiger partial charge in [-0.25, -0.2) is 0 Å². The molecule has 1 aliphatic rings. The van der Waals surface area contributed by atoms with Crippen molar-refractivity contribution in [2.24, 2.45) is 5.92 Å². The van der Waals surface area contributed by atoms with Gasteiger partial charge in [0, 0.05) is 43.2 Å². The van der Waals surface area contributed by atoms with E-state index < -0.39 is 5.92 Å². The molecular formula is C30H30N4O3. The number of hydrogen-bond donors (Lipinski definition) is 3. The Morgan fingerprint density at radius 3 is 2.65 bits per heavy atom. The van der Waals surface area contributed by atoms with E-state index in [9.17, 15) is 14.4 Å². The van der Waals surface area contributed by atoms with Crippen LogP contribution in [0.15, 0.2) is 79.0 Å². The summed E-state index contributed by atoms with van der Waals surface area (Å²) < 4.78 is 0. The molecule has 0 spiro atoms. The quantitative estimate of drug-likeness (QED) is 0.338. The number of anilines is 1. The summed E-state index contributed by atoms with van der Waals surface area (Å²) in [6.07, 6.45) is 2.88. The van der Waals surface area contributed by atoms with Crippen LogP contribution in [-0.4, -0.2) is 40.7 Å². The zero-order chi connectivity index (χ0) is 25.8. The van der Waals surface area contributed by atoms with Gasteiger partial charge in [0.25, 0.3) is 5.91 Å². The van der Waals surface area contributed by atoms with Crippen LogP contribution >= 0.6 is 0 Å². The maximum atomic E-state index is 13.1. The van der Waals surface area contributed by atoms with Gasteiger partial charge in [0.05, 0.1) is 17.2 Å². The largest absolute Gasteiger partial charge is 0.361 e. The summed E-state index contributed by atoms with van der Waals surface area (Å²) >= 11 is 0. The molecule has 0 bridgehead atoms. The SMILES string of the molecule is Cc1ccc2[nH]cc(CCN3C[C@@H](C(=O)Nc4ccccc4C(=O)NCc4ccccc4)CC3=O)c2c1. The number of nitrogens with zero attached hydrogens (tertiary/aromatic N) is 1. The summed E-state index contributed by atoms with van der Waals surface area (Å²) in [5, 5.41) is 6.96. The zero-order valence-electron chi connectivity index (χ0n) is 20.8. The van der Waals surface area contributed by atoms with Crippen molar-refractivity contribution >= 4 is 34.3 Å². The third-order valence-electron chi connectivity index (χ3n) is 6.88. The molecule has 5 rings (SSSR count). The molecule has 37 heavy (non-hydrogen) atoms. The van der Waals surface area contributed by atoms with Gasteiger partial charge >= 0.3 is 0 Å². The normalized spacial score (nSPS) is 15.2. The monoisotopic (exact) mass is 494 g/mol. The number of benzene rings is 3. The van der Waals surface area contributed by atoms with E-state index in [0.717, 1.165) is 16.6 Å². The lowest BCUT2D eigenvalue weighted by Gasteiger charge is -2.17. The van der Waals surface area contributed by atoms with E-state index >= 15 is 0 Å². The van der Waals surface area contributed by atoms with Gasteiger partial charge in [-0.3, -0.25) is 14.4 Å². The molecule has 0 unspecified atom stereocenters. The van der Waals surface area contributed by atoms with Gasteiger partial charge in [0.15, 0.2) is 0 Å². The second-order valence-electron chi connectivity index (χ2n) is 9.56. The Labute approximate surface area is 215 Å². The minimum atomic E-state index is -0.460. The van der Waals surface area contributed by atoms with Gasteiger partial charge in [-0.15, -0.1) is 0 Å². The molecule has 7 nitrogen and oxygen atoms in total. The Morgan fingerprint density at radius 2 is 1.81 bits per heavy atom. The molecular weight excluding hydrogens is 464 g/mol. The third kappa shape index (κ3) is 5.56. The highest BCUT2D eigenvalue weighted by molar-refractivity contribution is 6.05. The van der Waals surface area contributed by atoms with Gasteiger partial charge in [-0.05, 0) is 48.7 Å². The molecule has 1 atom stereocenters. The van der Waals surface area contributed by atoms with Crippen LogP contribution in [-0.2, 0) is 22.6 Å². The number of aromatic amines is 1. The summed E-state index contributed by atoms with van der Waals surface area (Å²) in [6, 6.07) is 22.9. The molecule has 1 aromatic heterocycles. The molecule has 188 valence electrons. The fraction of sp³-hybridized carbons (Fsp3) is 0.233. The first-order valence-electron chi connectivity index (χ1n) is 12.5. The molecule has 0 saturated carbocycles. The predicted octanol–water partition coefficient (Wildman–Crippen LogP) is 4.44. The molecule has 3 N–H and O–H groups in total. The standard InChI is InChI=1S/C30H30N4O3/c1-20-11-12-26-25(15-20)22(18-31-26)13-14-34-19-23(16-28(34)35)29(36)33-27-10-6-5-9-24(27)30(37)32-17-21-7-3-2-4-8-21/h2-12,15,18,23,31H,13-14,16-17,19H2,1H3,(H,32,37)(H,33,36)/t23-/m0/s1. The van der Waals surface area contributed by atoms with Crippen LogP contribution in [0.25, 0.3) is 10.9 Å². The lowest BCUT2D eigenvalue weighted by Crippen LogP contribution is -2.30. The van der Waals surface area contributed by atoms with Gasteiger partial charge in [0.2, 0.25) is 11.8 Å². The molecule has 4 aromatic rings. The second kappa shape index (κ2) is 10.7. The van der Waals surface area contributed by atoms with Crippen molar-refractivity contribution in [1.82, 2.24) is 15.2 Å². The summed E-state index contributed by atoms with van der Waals surface area (Å²) in [6.45, 7) is 3.38. The van der Waals surface area contributed by atoms with Crippen molar-refractivity contribution in [3.8, 4) is 0 Å². The first-order chi connectivity index (χ1) is 18.0. The minimum absolute atomic E-state index is 0.0231. The molecule has 1 fully saturated rings. The van der Waals surface area contributed by atoms with E-state index in [4.69, 9.17) is 0 Å². The van der Waals surface area contributed by atoms with Crippen molar-refractivity contribution < 1.29 is 14.4 Å². The number of hydrogen-bond acceptors (Lipinski definition) is 3. The topological polar surface area (TPSA) is 94.3 Å². The lowest BCUT2D eigenvalue weighted by atomic mass is 10.1. The first kappa shape index (κ1) is 24.3. The Morgan fingerprint density at radius 1 is 1.03 bits per heavy atom.